The second kappa shape index (κ2) is 7.91. The first kappa shape index (κ1) is 16.5. The predicted molar refractivity (Wildman–Crippen MR) is 82.5 cm³/mol. The number of nitrogens with one attached hydrogen (secondary N) is 1. The molecule has 0 saturated carbocycles. The molecule has 1 rings (SSSR count). The van der Waals surface area contributed by atoms with E-state index in [9.17, 15) is 4.79 Å². The smallest absolute Gasteiger partial charge is 0.303 e. The molecule has 4 nitrogen and oxygen atoms in total. The molecule has 0 radical (unpaired) electrons. The molecule has 0 saturated heterocycles. The number of nitriles is 1. The van der Waals surface area contributed by atoms with Crippen LogP contribution >= 0.6 is 15.9 Å². The van der Waals surface area contributed by atoms with Crippen molar-refractivity contribution in [2.45, 2.75) is 26.7 Å². The summed E-state index contributed by atoms with van der Waals surface area (Å²) >= 11 is 3.34. The van der Waals surface area contributed by atoms with Gasteiger partial charge in [-0.05, 0) is 52.4 Å². The quantitative estimate of drug-likeness (QED) is 0.791. The molecule has 0 aliphatic carbocycles. The summed E-state index contributed by atoms with van der Waals surface area (Å²) in [4.78, 5) is 10.9. The molecule has 0 heterocycles. The van der Waals surface area contributed by atoms with E-state index in [-0.39, 0.29) is 12.3 Å². The summed E-state index contributed by atoms with van der Waals surface area (Å²) in [6.45, 7) is 4.79. The van der Waals surface area contributed by atoms with Crippen LogP contribution in [0, 0.1) is 23.2 Å². The van der Waals surface area contributed by atoms with Crippen molar-refractivity contribution in [1.29, 1.82) is 5.26 Å². The number of rotatable bonds is 7. The van der Waals surface area contributed by atoms with E-state index in [2.05, 4.69) is 41.2 Å². The van der Waals surface area contributed by atoms with Crippen molar-refractivity contribution < 1.29 is 9.90 Å². The van der Waals surface area contributed by atoms with E-state index in [4.69, 9.17) is 10.4 Å². The highest BCUT2D eigenvalue weighted by Gasteiger charge is 2.15. The molecule has 0 aliphatic heterocycles. The monoisotopic (exact) mass is 338 g/mol. The lowest BCUT2D eigenvalue weighted by Gasteiger charge is -2.18. The van der Waals surface area contributed by atoms with Gasteiger partial charge in [-0.15, -0.1) is 0 Å². The van der Waals surface area contributed by atoms with Gasteiger partial charge in [-0.25, -0.2) is 0 Å². The summed E-state index contributed by atoms with van der Waals surface area (Å²) < 4.78 is 0.739. The van der Waals surface area contributed by atoms with Gasteiger partial charge in [0, 0.05) is 23.1 Å². The van der Waals surface area contributed by atoms with E-state index in [0.29, 0.717) is 18.0 Å². The number of carboxylic acids is 1. The zero-order valence-corrected chi connectivity index (χ0v) is 13.3. The third-order valence-corrected chi connectivity index (χ3v) is 3.61. The zero-order valence-electron chi connectivity index (χ0n) is 11.7. The second-order valence-electron chi connectivity index (χ2n) is 5.28. The molecule has 0 bridgehead atoms. The third kappa shape index (κ3) is 5.62. The molecule has 2 N–H and O–H groups in total. The Morgan fingerprint density at radius 1 is 1.50 bits per heavy atom. The summed E-state index contributed by atoms with van der Waals surface area (Å²) in [6.07, 6.45) is 1.04. The fraction of sp³-hybridized carbons (Fsp3) is 0.467. The maximum Gasteiger partial charge on any atom is 0.303 e. The first-order chi connectivity index (χ1) is 9.42. The van der Waals surface area contributed by atoms with Crippen molar-refractivity contribution in [2.24, 2.45) is 11.8 Å². The van der Waals surface area contributed by atoms with Crippen molar-refractivity contribution >= 4 is 27.6 Å². The van der Waals surface area contributed by atoms with Gasteiger partial charge in [-0.2, -0.15) is 5.26 Å². The maximum atomic E-state index is 10.9. The number of nitrogens with zero attached hydrogens (tertiary/aromatic N) is 1. The minimum Gasteiger partial charge on any atom is -0.481 e. The SMILES string of the molecule is CC(C)CC(CNc1ccc(C#N)c(Br)c1)CC(=O)O. The standard InChI is InChI=1S/C15H19BrN2O2/c1-10(2)5-11(6-15(19)20)9-18-13-4-3-12(8-17)14(16)7-13/h3-4,7,10-11,18H,5-6,9H2,1-2H3,(H,19,20). The summed E-state index contributed by atoms with van der Waals surface area (Å²) in [5, 5.41) is 21.0. The lowest BCUT2D eigenvalue weighted by Crippen LogP contribution is -2.19. The van der Waals surface area contributed by atoms with Crippen LogP contribution in [0.4, 0.5) is 5.69 Å². The Morgan fingerprint density at radius 3 is 2.70 bits per heavy atom. The number of benzene rings is 1. The zero-order chi connectivity index (χ0) is 15.1. The minimum absolute atomic E-state index is 0.0990. The van der Waals surface area contributed by atoms with Gasteiger partial charge < -0.3 is 10.4 Å². The average Bonchev–Trinajstić information content (AvgIpc) is 2.34. The van der Waals surface area contributed by atoms with Crippen molar-refractivity contribution in [3.63, 3.8) is 0 Å². The Labute approximate surface area is 127 Å². The normalized spacial score (nSPS) is 11.9. The summed E-state index contributed by atoms with van der Waals surface area (Å²) in [6, 6.07) is 7.49. The van der Waals surface area contributed by atoms with Gasteiger partial charge in [0.1, 0.15) is 6.07 Å². The van der Waals surface area contributed by atoms with Gasteiger partial charge in [0.2, 0.25) is 0 Å². The molecule has 1 atom stereocenters. The molecular formula is C15H19BrN2O2. The van der Waals surface area contributed by atoms with E-state index < -0.39 is 5.97 Å². The molecule has 0 fully saturated rings. The van der Waals surface area contributed by atoms with Crippen LogP contribution in [-0.4, -0.2) is 17.6 Å². The van der Waals surface area contributed by atoms with Crippen LogP contribution in [0.2, 0.25) is 0 Å². The van der Waals surface area contributed by atoms with Gasteiger partial charge in [0.15, 0.2) is 0 Å². The van der Waals surface area contributed by atoms with E-state index >= 15 is 0 Å². The Kier molecular flexibility index (Phi) is 6.53. The van der Waals surface area contributed by atoms with Crippen molar-refractivity contribution in [3.8, 4) is 6.07 Å². The van der Waals surface area contributed by atoms with Crippen molar-refractivity contribution in [2.75, 3.05) is 11.9 Å². The van der Waals surface area contributed by atoms with Crippen molar-refractivity contribution in [1.82, 2.24) is 0 Å². The van der Waals surface area contributed by atoms with Gasteiger partial charge in [0.05, 0.1) is 5.56 Å². The van der Waals surface area contributed by atoms with Crippen LogP contribution in [-0.2, 0) is 4.79 Å². The maximum absolute atomic E-state index is 10.9. The first-order valence-electron chi connectivity index (χ1n) is 6.57. The molecule has 1 unspecified atom stereocenters. The van der Waals surface area contributed by atoms with E-state index in [0.717, 1.165) is 16.6 Å². The van der Waals surface area contributed by atoms with Crippen LogP contribution in [0.3, 0.4) is 0 Å². The number of halogens is 1. The lowest BCUT2D eigenvalue weighted by molar-refractivity contribution is -0.138. The highest BCUT2D eigenvalue weighted by molar-refractivity contribution is 9.10. The van der Waals surface area contributed by atoms with Crippen LogP contribution in [0.5, 0.6) is 0 Å². The Balaban J connectivity index is 2.64. The molecule has 1 aromatic rings. The van der Waals surface area contributed by atoms with E-state index in [1.807, 2.05) is 12.1 Å². The fourth-order valence-corrected chi connectivity index (χ4v) is 2.60. The predicted octanol–water partition coefficient (Wildman–Crippen LogP) is 3.87. The number of carbonyl (C=O) groups is 1. The highest BCUT2D eigenvalue weighted by atomic mass is 79.9. The second-order valence-corrected chi connectivity index (χ2v) is 6.14. The molecule has 5 heteroatoms. The number of aliphatic carboxylic acids is 1. The Morgan fingerprint density at radius 2 is 2.20 bits per heavy atom. The van der Waals surface area contributed by atoms with Crippen LogP contribution in [0.25, 0.3) is 0 Å². The summed E-state index contributed by atoms with van der Waals surface area (Å²) in [5.74, 6) is -0.200. The van der Waals surface area contributed by atoms with Gasteiger partial charge in [-0.1, -0.05) is 13.8 Å². The Hall–Kier alpha value is -1.54. The van der Waals surface area contributed by atoms with E-state index in [1.54, 1.807) is 6.07 Å². The highest BCUT2D eigenvalue weighted by Crippen LogP contribution is 2.22. The number of carboxylic acid groups (broad SMARTS) is 1. The minimum atomic E-state index is -0.765. The molecule has 108 valence electrons. The summed E-state index contributed by atoms with van der Waals surface area (Å²) in [5.41, 5.74) is 1.47. The lowest BCUT2D eigenvalue weighted by atomic mass is 9.94. The number of anilines is 1. The molecule has 0 aliphatic rings. The van der Waals surface area contributed by atoms with Crippen molar-refractivity contribution in [3.05, 3.63) is 28.2 Å². The topological polar surface area (TPSA) is 73.1 Å². The molecular weight excluding hydrogens is 320 g/mol. The largest absolute Gasteiger partial charge is 0.481 e. The third-order valence-electron chi connectivity index (χ3n) is 2.95. The van der Waals surface area contributed by atoms with E-state index in [1.165, 1.54) is 0 Å². The van der Waals surface area contributed by atoms with Crippen LogP contribution < -0.4 is 5.32 Å². The molecule has 0 aromatic heterocycles. The number of hydrogen-bond acceptors (Lipinski definition) is 3. The average molecular weight is 339 g/mol. The Bertz CT molecular complexity index is 509. The van der Waals surface area contributed by atoms with Gasteiger partial charge >= 0.3 is 5.97 Å². The van der Waals surface area contributed by atoms with Gasteiger partial charge in [0.25, 0.3) is 0 Å². The molecule has 20 heavy (non-hydrogen) atoms. The van der Waals surface area contributed by atoms with Crippen LogP contribution in [0.1, 0.15) is 32.3 Å². The first-order valence-corrected chi connectivity index (χ1v) is 7.37. The van der Waals surface area contributed by atoms with Gasteiger partial charge in [-0.3, -0.25) is 4.79 Å². The summed E-state index contributed by atoms with van der Waals surface area (Å²) in [7, 11) is 0. The molecule has 0 spiro atoms. The molecule has 0 amide bonds. The number of hydrogen-bond donors (Lipinski definition) is 2. The fourth-order valence-electron chi connectivity index (χ4n) is 2.13. The van der Waals surface area contributed by atoms with Crippen LogP contribution in [0.15, 0.2) is 22.7 Å². The molecule has 1 aromatic carbocycles.